The van der Waals surface area contributed by atoms with E-state index in [1.165, 1.54) is 12.8 Å². The summed E-state index contributed by atoms with van der Waals surface area (Å²) in [6.07, 6.45) is 4.25. The Morgan fingerprint density at radius 1 is 1.62 bits per heavy atom. The maximum atomic E-state index is 11.4. The normalized spacial score (nSPS) is 20.8. The second kappa shape index (κ2) is 4.61. The predicted octanol–water partition coefficient (Wildman–Crippen LogP) is 1.03. The standard InChI is InChI=1S/C10H20N2O/c1-3-4-9(11)10(13)12-7(2)8-5-6-8/h7-9H,3-6,11H2,1-2H3,(H,12,13)/t7?,9-/m1/s1. The van der Waals surface area contributed by atoms with E-state index >= 15 is 0 Å². The molecule has 13 heavy (non-hydrogen) atoms. The zero-order chi connectivity index (χ0) is 9.84. The van der Waals surface area contributed by atoms with Gasteiger partial charge in [0.05, 0.1) is 6.04 Å². The van der Waals surface area contributed by atoms with Crippen LogP contribution >= 0.6 is 0 Å². The van der Waals surface area contributed by atoms with E-state index in [-0.39, 0.29) is 11.9 Å². The molecule has 1 amide bonds. The van der Waals surface area contributed by atoms with Crippen LogP contribution in [0.5, 0.6) is 0 Å². The molecule has 2 atom stereocenters. The lowest BCUT2D eigenvalue weighted by molar-refractivity contribution is -0.123. The van der Waals surface area contributed by atoms with Gasteiger partial charge in [0.25, 0.3) is 0 Å². The molecule has 0 bridgehead atoms. The van der Waals surface area contributed by atoms with Crippen LogP contribution in [0.4, 0.5) is 0 Å². The topological polar surface area (TPSA) is 55.1 Å². The van der Waals surface area contributed by atoms with Crippen LogP contribution in [0, 0.1) is 5.92 Å². The van der Waals surface area contributed by atoms with Gasteiger partial charge in [-0.05, 0) is 32.1 Å². The molecule has 0 aromatic rings. The maximum Gasteiger partial charge on any atom is 0.237 e. The molecule has 0 spiro atoms. The summed E-state index contributed by atoms with van der Waals surface area (Å²) < 4.78 is 0. The van der Waals surface area contributed by atoms with Gasteiger partial charge in [-0.25, -0.2) is 0 Å². The molecule has 0 aliphatic heterocycles. The van der Waals surface area contributed by atoms with Crippen LogP contribution in [0.15, 0.2) is 0 Å². The van der Waals surface area contributed by atoms with Gasteiger partial charge in [0.15, 0.2) is 0 Å². The first-order valence-corrected chi connectivity index (χ1v) is 5.21. The van der Waals surface area contributed by atoms with Gasteiger partial charge in [-0.15, -0.1) is 0 Å². The van der Waals surface area contributed by atoms with Crippen molar-refractivity contribution in [2.24, 2.45) is 11.7 Å². The summed E-state index contributed by atoms with van der Waals surface area (Å²) in [7, 11) is 0. The summed E-state index contributed by atoms with van der Waals surface area (Å²) in [6, 6.07) is 0.00149. The molecule has 0 aromatic carbocycles. The summed E-state index contributed by atoms with van der Waals surface area (Å²) in [5.41, 5.74) is 5.68. The summed E-state index contributed by atoms with van der Waals surface area (Å²) in [5.74, 6) is 0.721. The minimum atomic E-state index is -0.314. The molecule has 1 rings (SSSR count). The Morgan fingerprint density at radius 2 is 2.23 bits per heavy atom. The van der Waals surface area contributed by atoms with Gasteiger partial charge < -0.3 is 11.1 Å². The number of carbonyl (C=O) groups excluding carboxylic acids is 1. The zero-order valence-electron chi connectivity index (χ0n) is 8.55. The summed E-state index contributed by atoms with van der Waals surface area (Å²) in [6.45, 7) is 4.10. The van der Waals surface area contributed by atoms with Crippen LogP contribution in [0.1, 0.15) is 39.5 Å². The Labute approximate surface area is 80.1 Å². The average molecular weight is 184 g/mol. The van der Waals surface area contributed by atoms with Crippen LogP contribution in [0.3, 0.4) is 0 Å². The number of nitrogens with two attached hydrogens (primary N) is 1. The van der Waals surface area contributed by atoms with Gasteiger partial charge in [-0.2, -0.15) is 0 Å². The zero-order valence-corrected chi connectivity index (χ0v) is 8.55. The number of amides is 1. The number of hydrogen-bond acceptors (Lipinski definition) is 2. The molecule has 3 N–H and O–H groups in total. The molecule has 0 aromatic heterocycles. The molecular weight excluding hydrogens is 164 g/mol. The highest BCUT2D eigenvalue weighted by Gasteiger charge is 2.29. The maximum absolute atomic E-state index is 11.4. The Morgan fingerprint density at radius 3 is 2.69 bits per heavy atom. The van der Waals surface area contributed by atoms with Crippen molar-refractivity contribution < 1.29 is 4.79 Å². The highest BCUT2D eigenvalue weighted by atomic mass is 16.2. The van der Waals surface area contributed by atoms with Gasteiger partial charge >= 0.3 is 0 Å². The van der Waals surface area contributed by atoms with Gasteiger partial charge in [0.1, 0.15) is 0 Å². The van der Waals surface area contributed by atoms with Crippen molar-refractivity contribution in [2.45, 2.75) is 51.6 Å². The van der Waals surface area contributed by atoms with Crippen LogP contribution in [-0.4, -0.2) is 18.0 Å². The van der Waals surface area contributed by atoms with Gasteiger partial charge in [-0.1, -0.05) is 13.3 Å². The molecule has 1 fully saturated rings. The van der Waals surface area contributed by atoms with Crippen molar-refractivity contribution in [1.29, 1.82) is 0 Å². The van der Waals surface area contributed by atoms with Gasteiger partial charge in [0, 0.05) is 6.04 Å². The van der Waals surface area contributed by atoms with E-state index in [1.54, 1.807) is 0 Å². The minimum absolute atomic E-state index is 0.0150. The summed E-state index contributed by atoms with van der Waals surface area (Å²) in [4.78, 5) is 11.4. The van der Waals surface area contributed by atoms with E-state index in [4.69, 9.17) is 5.73 Å². The molecule has 3 heteroatoms. The highest BCUT2D eigenvalue weighted by Crippen LogP contribution is 2.32. The Hall–Kier alpha value is -0.570. The van der Waals surface area contributed by atoms with Crippen molar-refractivity contribution in [1.82, 2.24) is 5.32 Å². The third-order valence-corrected chi connectivity index (χ3v) is 2.64. The third-order valence-electron chi connectivity index (χ3n) is 2.64. The van der Waals surface area contributed by atoms with Crippen molar-refractivity contribution in [3.05, 3.63) is 0 Å². The molecule has 0 saturated heterocycles. The molecular formula is C10H20N2O. The van der Waals surface area contributed by atoms with E-state index in [1.807, 2.05) is 6.92 Å². The third kappa shape index (κ3) is 3.35. The fourth-order valence-electron chi connectivity index (χ4n) is 1.49. The molecule has 76 valence electrons. The largest absolute Gasteiger partial charge is 0.352 e. The van der Waals surface area contributed by atoms with Crippen LogP contribution < -0.4 is 11.1 Å². The number of hydrogen-bond donors (Lipinski definition) is 2. The molecule has 0 radical (unpaired) electrons. The number of nitrogens with one attached hydrogen (secondary N) is 1. The Kier molecular flexibility index (Phi) is 3.72. The van der Waals surface area contributed by atoms with Gasteiger partial charge in [0.2, 0.25) is 5.91 Å². The van der Waals surface area contributed by atoms with E-state index in [2.05, 4.69) is 12.2 Å². The van der Waals surface area contributed by atoms with Crippen molar-refractivity contribution in [2.75, 3.05) is 0 Å². The lowest BCUT2D eigenvalue weighted by Gasteiger charge is -2.16. The average Bonchev–Trinajstić information content (AvgIpc) is 2.86. The first-order chi connectivity index (χ1) is 6.15. The second-order valence-electron chi connectivity index (χ2n) is 4.03. The Balaban J connectivity index is 2.22. The summed E-state index contributed by atoms with van der Waals surface area (Å²) >= 11 is 0. The predicted molar refractivity (Wildman–Crippen MR) is 53.2 cm³/mol. The van der Waals surface area contributed by atoms with Crippen LogP contribution in [0.2, 0.25) is 0 Å². The smallest absolute Gasteiger partial charge is 0.237 e. The first kappa shape index (κ1) is 10.5. The number of carbonyl (C=O) groups is 1. The molecule has 1 aliphatic rings. The lowest BCUT2D eigenvalue weighted by atomic mass is 10.1. The minimum Gasteiger partial charge on any atom is -0.352 e. The molecule has 1 saturated carbocycles. The second-order valence-corrected chi connectivity index (χ2v) is 4.03. The molecule has 1 aliphatic carbocycles. The monoisotopic (exact) mass is 184 g/mol. The van der Waals surface area contributed by atoms with Crippen LogP contribution in [-0.2, 0) is 4.79 Å². The Bertz CT molecular complexity index is 178. The quantitative estimate of drug-likeness (QED) is 0.670. The molecule has 1 unspecified atom stereocenters. The van der Waals surface area contributed by atoms with E-state index < -0.39 is 0 Å². The SMILES string of the molecule is CCC[C@@H](N)C(=O)NC(C)C1CC1. The van der Waals surface area contributed by atoms with E-state index in [9.17, 15) is 4.79 Å². The fraction of sp³-hybridized carbons (Fsp3) is 0.900. The van der Waals surface area contributed by atoms with Crippen LogP contribution in [0.25, 0.3) is 0 Å². The van der Waals surface area contributed by atoms with Gasteiger partial charge in [-0.3, -0.25) is 4.79 Å². The molecule has 3 nitrogen and oxygen atoms in total. The van der Waals surface area contributed by atoms with Crippen molar-refractivity contribution >= 4 is 5.91 Å². The van der Waals surface area contributed by atoms with Crippen molar-refractivity contribution in [3.8, 4) is 0 Å². The van der Waals surface area contributed by atoms with E-state index in [0.29, 0.717) is 12.0 Å². The fourth-order valence-corrected chi connectivity index (χ4v) is 1.49. The van der Waals surface area contributed by atoms with Crippen molar-refractivity contribution in [3.63, 3.8) is 0 Å². The van der Waals surface area contributed by atoms with E-state index in [0.717, 1.165) is 12.8 Å². The highest BCUT2D eigenvalue weighted by molar-refractivity contribution is 5.81. The summed E-state index contributed by atoms with van der Waals surface area (Å²) in [5, 5.41) is 2.96. The molecule has 0 heterocycles. The lowest BCUT2D eigenvalue weighted by Crippen LogP contribution is -2.45. The number of rotatable bonds is 5. The first-order valence-electron chi connectivity index (χ1n) is 5.21.